The summed E-state index contributed by atoms with van der Waals surface area (Å²) in [6, 6.07) is 5.87. The highest BCUT2D eigenvalue weighted by molar-refractivity contribution is 7.93. The van der Waals surface area contributed by atoms with Crippen molar-refractivity contribution in [2.45, 2.75) is 31.5 Å². The Morgan fingerprint density at radius 2 is 2.04 bits per heavy atom. The number of halogens is 3. The van der Waals surface area contributed by atoms with Crippen LogP contribution in [-0.4, -0.2) is 36.6 Å². The van der Waals surface area contributed by atoms with Gasteiger partial charge in [0.05, 0.1) is 12.2 Å². The number of nitrogens with one attached hydrogen (secondary N) is 1. The normalized spacial score (nSPS) is 18.9. The molecule has 1 heterocycles. The number of ether oxygens (including phenoxy) is 1. The molecule has 23 heavy (non-hydrogen) atoms. The van der Waals surface area contributed by atoms with Crippen molar-refractivity contribution in [1.82, 2.24) is 4.90 Å². The van der Waals surface area contributed by atoms with Gasteiger partial charge in [-0.1, -0.05) is 25.1 Å². The summed E-state index contributed by atoms with van der Waals surface area (Å²) in [5.74, 6) is 0. The van der Waals surface area contributed by atoms with E-state index in [-0.39, 0.29) is 23.5 Å². The van der Waals surface area contributed by atoms with Crippen molar-refractivity contribution in [1.29, 1.82) is 0 Å². The van der Waals surface area contributed by atoms with Crippen molar-refractivity contribution < 1.29 is 26.3 Å². The van der Waals surface area contributed by atoms with E-state index in [1.807, 2.05) is 6.92 Å². The SMILES string of the molecule is CCC1CN(Cc2ccccc2NS(=O)(=O)C(F)(F)F)C(=S)O1. The van der Waals surface area contributed by atoms with E-state index in [4.69, 9.17) is 17.0 Å². The van der Waals surface area contributed by atoms with Crippen LogP contribution in [0.1, 0.15) is 18.9 Å². The van der Waals surface area contributed by atoms with Gasteiger partial charge in [-0.05, 0) is 30.3 Å². The first-order valence-corrected chi connectivity index (χ1v) is 8.65. The van der Waals surface area contributed by atoms with Crippen molar-refractivity contribution in [3.8, 4) is 0 Å². The minimum absolute atomic E-state index is 0.0680. The highest BCUT2D eigenvalue weighted by Gasteiger charge is 2.46. The Bertz CT molecular complexity index is 692. The van der Waals surface area contributed by atoms with Gasteiger partial charge in [0, 0.05) is 6.54 Å². The lowest BCUT2D eigenvalue weighted by Gasteiger charge is -2.19. The molecule has 0 bridgehead atoms. The molecule has 128 valence electrons. The van der Waals surface area contributed by atoms with E-state index in [0.29, 0.717) is 12.1 Å². The third-order valence-corrected chi connectivity index (χ3v) is 4.79. The Kier molecular flexibility index (Phi) is 5.04. The molecule has 1 aromatic carbocycles. The van der Waals surface area contributed by atoms with Gasteiger partial charge in [0.15, 0.2) is 0 Å². The maximum atomic E-state index is 12.5. The number of rotatable bonds is 5. The first-order valence-electron chi connectivity index (χ1n) is 6.76. The third-order valence-electron chi connectivity index (χ3n) is 3.33. The van der Waals surface area contributed by atoms with Gasteiger partial charge in [-0.2, -0.15) is 21.6 Å². The lowest BCUT2D eigenvalue weighted by Crippen LogP contribution is -2.31. The topological polar surface area (TPSA) is 58.6 Å². The predicted octanol–water partition coefficient (Wildman–Crippen LogP) is 2.84. The van der Waals surface area contributed by atoms with Crippen LogP contribution >= 0.6 is 12.2 Å². The molecule has 1 unspecified atom stereocenters. The van der Waals surface area contributed by atoms with Crippen molar-refractivity contribution in [2.75, 3.05) is 11.3 Å². The Morgan fingerprint density at radius 1 is 1.39 bits per heavy atom. The number of benzene rings is 1. The first-order chi connectivity index (χ1) is 10.6. The van der Waals surface area contributed by atoms with Crippen LogP contribution in [0, 0.1) is 0 Å². The van der Waals surface area contributed by atoms with Gasteiger partial charge in [-0.25, -0.2) is 0 Å². The average molecular weight is 368 g/mol. The lowest BCUT2D eigenvalue weighted by molar-refractivity contribution is -0.0429. The molecule has 0 radical (unpaired) electrons. The number of hydrogen-bond acceptors (Lipinski definition) is 4. The molecule has 0 spiro atoms. The number of nitrogens with zero attached hydrogens (tertiary/aromatic N) is 1. The predicted molar refractivity (Wildman–Crippen MR) is 83.2 cm³/mol. The summed E-state index contributed by atoms with van der Waals surface area (Å²) in [5, 5.41) is 0.255. The average Bonchev–Trinajstić information content (AvgIpc) is 2.80. The number of thiocarbonyl (C=S) groups is 1. The Balaban J connectivity index is 2.20. The molecule has 10 heteroatoms. The first kappa shape index (κ1) is 17.8. The van der Waals surface area contributed by atoms with Crippen LogP contribution < -0.4 is 4.72 Å². The molecule has 1 aromatic rings. The fraction of sp³-hybridized carbons (Fsp3) is 0.462. The number of alkyl halides is 3. The van der Waals surface area contributed by atoms with Gasteiger partial charge in [0.2, 0.25) is 0 Å². The second kappa shape index (κ2) is 6.52. The van der Waals surface area contributed by atoms with Crippen molar-refractivity contribution in [2.24, 2.45) is 0 Å². The monoisotopic (exact) mass is 368 g/mol. The van der Waals surface area contributed by atoms with E-state index in [1.54, 1.807) is 15.7 Å². The molecule has 1 saturated heterocycles. The smallest absolute Gasteiger partial charge is 0.466 e. The number of anilines is 1. The van der Waals surface area contributed by atoms with E-state index in [1.165, 1.54) is 18.2 Å². The zero-order valence-corrected chi connectivity index (χ0v) is 13.8. The largest absolute Gasteiger partial charge is 0.516 e. The molecule has 0 saturated carbocycles. The zero-order chi connectivity index (χ0) is 17.3. The number of para-hydroxylation sites is 1. The number of hydrogen-bond donors (Lipinski definition) is 1. The van der Waals surface area contributed by atoms with E-state index in [2.05, 4.69) is 0 Å². The quantitative estimate of drug-likeness (QED) is 0.810. The molecule has 1 aliphatic heterocycles. The maximum Gasteiger partial charge on any atom is 0.516 e. The molecule has 1 atom stereocenters. The van der Waals surface area contributed by atoms with Crippen LogP contribution in [-0.2, 0) is 21.3 Å². The van der Waals surface area contributed by atoms with Crippen molar-refractivity contribution in [3.63, 3.8) is 0 Å². The molecule has 0 aromatic heterocycles. The Hall–Kier alpha value is -1.55. The van der Waals surface area contributed by atoms with Crippen LogP contribution in [0.3, 0.4) is 0 Å². The molecule has 1 aliphatic rings. The summed E-state index contributed by atoms with van der Waals surface area (Å²) in [4.78, 5) is 1.68. The number of sulfonamides is 1. The van der Waals surface area contributed by atoms with E-state index in [0.717, 1.165) is 6.42 Å². The molecule has 5 nitrogen and oxygen atoms in total. The summed E-state index contributed by atoms with van der Waals surface area (Å²) in [6.07, 6.45) is 0.681. The summed E-state index contributed by atoms with van der Waals surface area (Å²) < 4.78 is 67.1. The van der Waals surface area contributed by atoms with Gasteiger partial charge < -0.3 is 9.64 Å². The van der Waals surface area contributed by atoms with E-state index < -0.39 is 15.5 Å². The molecule has 1 N–H and O–H groups in total. The molecular formula is C13H15F3N2O3S2. The second-order valence-electron chi connectivity index (χ2n) is 5.00. The Morgan fingerprint density at radius 3 is 2.61 bits per heavy atom. The molecule has 1 fully saturated rings. The fourth-order valence-corrected chi connectivity index (χ4v) is 2.96. The fourth-order valence-electron chi connectivity index (χ4n) is 2.08. The Labute approximate surface area is 137 Å². The molecule has 0 amide bonds. The van der Waals surface area contributed by atoms with Gasteiger partial charge >= 0.3 is 15.5 Å². The molecular weight excluding hydrogens is 353 g/mol. The van der Waals surface area contributed by atoms with Crippen molar-refractivity contribution >= 4 is 33.1 Å². The minimum Gasteiger partial charge on any atom is -0.466 e. The maximum absolute atomic E-state index is 12.5. The summed E-state index contributed by atoms with van der Waals surface area (Å²) in [6.45, 7) is 2.60. The summed E-state index contributed by atoms with van der Waals surface area (Å²) in [7, 11) is -5.47. The van der Waals surface area contributed by atoms with E-state index >= 15 is 0 Å². The van der Waals surface area contributed by atoms with Gasteiger partial charge in [0.1, 0.15) is 6.10 Å². The van der Waals surface area contributed by atoms with Gasteiger partial charge in [-0.15, -0.1) is 0 Å². The lowest BCUT2D eigenvalue weighted by atomic mass is 10.1. The standard InChI is InChI=1S/C13H15F3N2O3S2/c1-2-10-8-18(12(22)21-10)7-9-5-3-4-6-11(9)17-23(19,20)13(14,15)16/h3-6,10,17H,2,7-8H2,1H3. The summed E-state index contributed by atoms with van der Waals surface area (Å²) >= 11 is 5.08. The molecule has 2 rings (SSSR count). The van der Waals surface area contributed by atoms with Crippen LogP contribution in [0.25, 0.3) is 0 Å². The van der Waals surface area contributed by atoms with Crippen LogP contribution in [0.4, 0.5) is 18.9 Å². The second-order valence-corrected chi connectivity index (χ2v) is 7.03. The highest BCUT2D eigenvalue weighted by atomic mass is 32.2. The van der Waals surface area contributed by atoms with Crippen LogP contribution in [0.2, 0.25) is 0 Å². The van der Waals surface area contributed by atoms with Gasteiger partial charge in [0.25, 0.3) is 5.17 Å². The van der Waals surface area contributed by atoms with Crippen molar-refractivity contribution in [3.05, 3.63) is 29.8 Å². The third kappa shape index (κ3) is 4.05. The molecule has 0 aliphatic carbocycles. The minimum atomic E-state index is -5.47. The van der Waals surface area contributed by atoms with Crippen LogP contribution in [0.5, 0.6) is 0 Å². The highest BCUT2D eigenvalue weighted by Crippen LogP contribution is 2.28. The van der Waals surface area contributed by atoms with Crippen LogP contribution in [0.15, 0.2) is 24.3 Å². The van der Waals surface area contributed by atoms with Gasteiger partial charge in [-0.3, -0.25) is 4.72 Å². The zero-order valence-electron chi connectivity index (χ0n) is 12.1. The summed E-state index contributed by atoms with van der Waals surface area (Å²) in [5.41, 5.74) is -5.13. The van der Waals surface area contributed by atoms with E-state index in [9.17, 15) is 21.6 Å².